The van der Waals surface area contributed by atoms with E-state index in [1.807, 2.05) is 37.3 Å². The molecule has 6 rings (SSSR count). The summed E-state index contributed by atoms with van der Waals surface area (Å²) in [5.74, 6) is -0.168. The number of benzene rings is 3. The summed E-state index contributed by atoms with van der Waals surface area (Å²) in [6.45, 7) is 2.14. The number of anilines is 1. The molecule has 1 amide bonds. The second kappa shape index (κ2) is 14.3. The zero-order valence-electron chi connectivity index (χ0n) is 26.4. The highest BCUT2D eigenvalue weighted by Crippen LogP contribution is 2.40. The highest BCUT2D eigenvalue weighted by molar-refractivity contribution is 7.87. The lowest BCUT2D eigenvalue weighted by Crippen LogP contribution is -2.28. The molecule has 0 spiro atoms. The van der Waals surface area contributed by atoms with Crippen molar-refractivity contribution in [2.24, 2.45) is 5.92 Å². The third kappa shape index (κ3) is 7.66. The van der Waals surface area contributed by atoms with Gasteiger partial charge in [0.1, 0.15) is 23.9 Å². The molecule has 2 aromatic heterocycles. The number of hydrogen-bond donors (Lipinski definition) is 1. The van der Waals surface area contributed by atoms with Crippen LogP contribution in [0, 0.1) is 16.0 Å². The molecule has 254 valence electrons. The predicted molar refractivity (Wildman–Crippen MR) is 176 cm³/mol. The van der Waals surface area contributed by atoms with E-state index in [0.717, 1.165) is 5.56 Å². The van der Waals surface area contributed by atoms with E-state index < -0.39 is 33.5 Å². The van der Waals surface area contributed by atoms with Crippen LogP contribution in [0.4, 0.5) is 11.5 Å². The smallest absolute Gasteiger partial charge is 0.309 e. The average Bonchev–Trinajstić information content (AvgIpc) is 3.68. The lowest BCUT2D eigenvalue weighted by molar-refractivity contribution is -0.384. The van der Waals surface area contributed by atoms with Crippen LogP contribution in [0.3, 0.4) is 0 Å². The van der Waals surface area contributed by atoms with Crippen LogP contribution in [-0.4, -0.2) is 63.8 Å². The maximum atomic E-state index is 12.9. The molecule has 4 atom stereocenters. The Morgan fingerprint density at radius 3 is 2.41 bits per heavy atom. The number of nitrogens with one attached hydrogen (secondary N) is 1. The minimum absolute atomic E-state index is 0.0377. The third-order valence-electron chi connectivity index (χ3n) is 8.13. The van der Waals surface area contributed by atoms with Crippen molar-refractivity contribution in [3.63, 3.8) is 0 Å². The molecule has 0 aliphatic carbocycles. The van der Waals surface area contributed by atoms with E-state index in [1.165, 1.54) is 36.9 Å². The fourth-order valence-electron chi connectivity index (χ4n) is 5.53. The van der Waals surface area contributed by atoms with Crippen molar-refractivity contribution in [1.29, 1.82) is 0 Å². The van der Waals surface area contributed by atoms with E-state index in [9.17, 15) is 23.3 Å². The van der Waals surface area contributed by atoms with Gasteiger partial charge in [0.25, 0.3) is 11.6 Å². The van der Waals surface area contributed by atoms with Crippen LogP contribution in [0.15, 0.2) is 91.5 Å². The topological polar surface area (TPSA) is 187 Å². The van der Waals surface area contributed by atoms with Gasteiger partial charge in [0.2, 0.25) is 0 Å². The van der Waals surface area contributed by atoms with Gasteiger partial charge >= 0.3 is 10.1 Å². The first kappa shape index (κ1) is 33.5. The number of rotatable bonds is 13. The molecule has 5 aromatic rings. The van der Waals surface area contributed by atoms with Crippen molar-refractivity contribution >= 4 is 38.7 Å². The van der Waals surface area contributed by atoms with Crippen molar-refractivity contribution < 1.29 is 36.5 Å². The van der Waals surface area contributed by atoms with Crippen molar-refractivity contribution in [1.82, 2.24) is 19.5 Å². The van der Waals surface area contributed by atoms with Crippen LogP contribution in [0.1, 0.15) is 35.5 Å². The lowest BCUT2D eigenvalue weighted by atomic mass is 9.98. The number of fused-ring (bicyclic) bond motifs is 1. The van der Waals surface area contributed by atoms with Gasteiger partial charge in [-0.15, -0.1) is 0 Å². The lowest BCUT2D eigenvalue weighted by Gasteiger charge is -2.23. The Kier molecular flexibility index (Phi) is 9.80. The van der Waals surface area contributed by atoms with Crippen LogP contribution >= 0.6 is 0 Å². The summed E-state index contributed by atoms with van der Waals surface area (Å²) in [6, 6.07) is 20.9. The van der Waals surface area contributed by atoms with Gasteiger partial charge in [0, 0.05) is 23.6 Å². The minimum atomic E-state index is -4.09. The van der Waals surface area contributed by atoms with E-state index in [2.05, 4.69) is 20.3 Å². The van der Waals surface area contributed by atoms with Crippen molar-refractivity contribution in [3.8, 4) is 11.5 Å². The molecular formula is C33H32N6O9S. The predicted octanol–water partition coefficient (Wildman–Crippen LogP) is 4.91. The van der Waals surface area contributed by atoms with E-state index in [1.54, 1.807) is 35.9 Å². The summed E-state index contributed by atoms with van der Waals surface area (Å²) in [4.78, 5) is 36.4. The minimum Gasteiger partial charge on any atom is -0.497 e. The zero-order chi connectivity index (χ0) is 34.5. The molecule has 1 fully saturated rings. The van der Waals surface area contributed by atoms with Gasteiger partial charge in [-0.2, -0.15) is 8.42 Å². The molecule has 0 unspecified atom stereocenters. The van der Waals surface area contributed by atoms with Gasteiger partial charge < -0.3 is 23.7 Å². The Morgan fingerprint density at radius 1 is 1.00 bits per heavy atom. The molecule has 1 saturated heterocycles. The summed E-state index contributed by atoms with van der Waals surface area (Å²) < 4.78 is 50.9. The van der Waals surface area contributed by atoms with Crippen molar-refractivity contribution in [2.75, 3.05) is 18.2 Å². The largest absolute Gasteiger partial charge is 0.497 e. The number of carbonyl (C=O) groups excluding carboxylic acids is 1. The summed E-state index contributed by atoms with van der Waals surface area (Å²) >= 11 is 0. The molecule has 3 aromatic carbocycles. The second-order valence-corrected chi connectivity index (χ2v) is 13.0. The molecule has 49 heavy (non-hydrogen) atoms. The number of hydrogen-bond acceptors (Lipinski definition) is 12. The molecule has 0 bridgehead atoms. The number of imidazole rings is 1. The molecular weight excluding hydrogens is 656 g/mol. The maximum absolute atomic E-state index is 12.9. The SMILES string of the molecule is COc1ccc(CO[C@@H]2[C@H](C)[C@@H](CCS(=O)(=O)Oc3ccc([N+](=O)[O-])cc3)O[C@H]2n2cnc3c(NC(=O)c4ccccc4)ncnc32)cc1. The number of amides is 1. The van der Waals surface area contributed by atoms with Gasteiger partial charge in [-0.25, -0.2) is 15.0 Å². The quantitative estimate of drug-likeness (QED) is 0.100. The Hall–Kier alpha value is -5.45. The van der Waals surface area contributed by atoms with Crippen LogP contribution in [0.25, 0.3) is 11.2 Å². The Bertz CT molecular complexity index is 2040. The van der Waals surface area contributed by atoms with Crippen molar-refractivity contribution in [2.45, 2.75) is 38.4 Å². The average molecular weight is 689 g/mol. The third-order valence-corrected chi connectivity index (χ3v) is 9.31. The number of aromatic nitrogens is 4. The van der Waals surface area contributed by atoms with Gasteiger partial charge in [-0.05, 0) is 48.4 Å². The molecule has 1 N–H and O–H groups in total. The molecule has 0 saturated carbocycles. The van der Waals surface area contributed by atoms with Crippen LogP contribution in [0.2, 0.25) is 0 Å². The van der Waals surface area contributed by atoms with E-state index in [-0.39, 0.29) is 47.9 Å². The van der Waals surface area contributed by atoms with E-state index in [4.69, 9.17) is 18.4 Å². The summed E-state index contributed by atoms with van der Waals surface area (Å²) in [7, 11) is -2.50. The summed E-state index contributed by atoms with van der Waals surface area (Å²) in [5, 5.41) is 13.7. The molecule has 3 heterocycles. The normalized spacial score (nSPS) is 19.1. The Morgan fingerprint density at radius 2 is 1.71 bits per heavy atom. The molecule has 0 radical (unpaired) electrons. The fourth-order valence-corrected chi connectivity index (χ4v) is 6.53. The van der Waals surface area contributed by atoms with Crippen LogP contribution in [-0.2, 0) is 26.2 Å². The fraction of sp³-hybridized carbons (Fsp3) is 0.273. The number of carbonyl (C=O) groups is 1. The number of non-ortho nitro benzene ring substituents is 1. The van der Waals surface area contributed by atoms with Gasteiger partial charge in [0.15, 0.2) is 23.2 Å². The Balaban J connectivity index is 1.23. The van der Waals surface area contributed by atoms with Gasteiger partial charge in [-0.1, -0.05) is 37.3 Å². The standard InChI is InChI=1S/C33H32N6O9S/c1-21-27(16-17-49(43,44)48-26-14-10-24(11-15-26)39(41)42)47-33(29(21)46-18-22-8-12-25(45-2)13-9-22)38-20-36-28-30(34-19-35-31(28)38)37-32(40)23-6-4-3-5-7-23/h3-15,19-21,27,29,33H,16-18H2,1-2H3,(H,34,35,37,40)/t21-,27-,29-,33-/m1/s1. The number of nitrogens with zero attached hydrogens (tertiary/aromatic N) is 5. The first-order valence-electron chi connectivity index (χ1n) is 15.2. The first-order chi connectivity index (χ1) is 23.6. The maximum Gasteiger partial charge on any atom is 0.309 e. The summed E-state index contributed by atoms with van der Waals surface area (Å²) in [6.07, 6.45) is 0.976. The number of nitro benzene ring substituents is 1. The van der Waals surface area contributed by atoms with E-state index >= 15 is 0 Å². The van der Waals surface area contributed by atoms with E-state index in [0.29, 0.717) is 22.5 Å². The molecule has 15 nitrogen and oxygen atoms in total. The first-order valence-corrected chi connectivity index (χ1v) is 16.8. The van der Waals surface area contributed by atoms with Gasteiger partial charge in [-0.3, -0.25) is 19.5 Å². The molecule has 1 aliphatic rings. The van der Waals surface area contributed by atoms with Crippen LogP contribution in [0.5, 0.6) is 11.5 Å². The number of nitro groups is 1. The summed E-state index contributed by atoms with van der Waals surface area (Å²) in [5.41, 5.74) is 1.86. The molecule has 1 aliphatic heterocycles. The number of ether oxygens (including phenoxy) is 3. The second-order valence-electron chi connectivity index (χ2n) is 11.3. The highest BCUT2D eigenvalue weighted by atomic mass is 32.2. The molecule has 16 heteroatoms. The van der Waals surface area contributed by atoms with Crippen LogP contribution < -0.4 is 14.2 Å². The number of methoxy groups -OCH3 is 1. The van der Waals surface area contributed by atoms with Gasteiger partial charge in [0.05, 0.1) is 36.8 Å². The van der Waals surface area contributed by atoms with Crippen molar-refractivity contribution in [3.05, 3.63) is 113 Å². The monoisotopic (exact) mass is 688 g/mol. The highest BCUT2D eigenvalue weighted by Gasteiger charge is 2.45. The Labute approximate surface area is 281 Å². The zero-order valence-corrected chi connectivity index (χ0v) is 27.2.